The molecule has 0 unspecified atom stereocenters. The molecule has 0 spiro atoms. The summed E-state index contributed by atoms with van der Waals surface area (Å²) in [6.45, 7) is 5.84. The summed E-state index contributed by atoms with van der Waals surface area (Å²) in [6.07, 6.45) is 4.64. The van der Waals surface area contributed by atoms with E-state index in [9.17, 15) is 5.11 Å². The van der Waals surface area contributed by atoms with Crippen LogP contribution >= 0.6 is 0 Å². The Kier molecular flexibility index (Phi) is 2.84. The highest BCUT2D eigenvalue weighted by molar-refractivity contribution is 4.88. The molecule has 0 aromatic carbocycles. The molecule has 1 aromatic rings. The van der Waals surface area contributed by atoms with E-state index in [0.29, 0.717) is 0 Å². The number of hydrogen-bond donors (Lipinski definition) is 1. The molecule has 1 fully saturated rings. The zero-order chi connectivity index (χ0) is 9.97. The fourth-order valence-corrected chi connectivity index (χ4v) is 1.90. The van der Waals surface area contributed by atoms with E-state index in [-0.39, 0.29) is 6.10 Å². The maximum Gasteiger partial charge on any atom is 0.105 e. The Bertz CT molecular complexity index is 297. The lowest BCUT2D eigenvalue weighted by atomic mass is 10.3. The van der Waals surface area contributed by atoms with Gasteiger partial charge in [-0.1, -0.05) is 0 Å². The molecule has 0 aliphatic carbocycles. The second-order valence-corrected chi connectivity index (χ2v) is 3.91. The molecule has 0 amide bonds. The van der Waals surface area contributed by atoms with E-state index in [0.717, 1.165) is 38.4 Å². The molecule has 2 rings (SSSR count). The number of β-amino-alcohol motifs (C(OH)–C–C–N with tert-alkyl or cyclic N) is 1. The van der Waals surface area contributed by atoms with E-state index in [2.05, 4.69) is 14.5 Å². The van der Waals surface area contributed by atoms with Crippen molar-refractivity contribution >= 4 is 0 Å². The zero-order valence-electron chi connectivity index (χ0n) is 8.56. The van der Waals surface area contributed by atoms with E-state index in [1.807, 2.05) is 19.3 Å². The van der Waals surface area contributed by atoms with E-state index in [1.54, 1.807) is 0 Å². The first-order valence-corrected chi connectivity index (χ1v) is 5.14. The molecule has 1 atom stereocenters. The van der Waals surface area contributed by atoms with Crippen molar-refractivity contribution in [3.63, 3.8) is 0 Å². The van der Waals surface area contributed by atoms with E-state index in [4.69, 9.17) is 0 Å². The van der Waals surface area contributed by atoms with Gasteiger partial charge < -0.3 is 9.67 Å². The van der Waals surface area contributed by atoms with Gasteiger partial charge in [0.25, 0.3) is 0 Å². The normalized spacial score (nSPS) is 23.1. The number of aliphatic hydroxyl groups is 1. The number of aliphatic hydroxyl groups excluding tert-OH is 1. The van der Waals surface area contributed by atoms with Crippen LogP contribution in [0.4, 0.5) is 0 Å². The number of aromatic nitrogens is 2. The van der Waals surface area contributed by atoms with Crippen LogP contribution in [0, 0.1) is 6.92 Å². The molecular weight excluding hydrogens is 178 g/mol. The highest BCUT2D eigenvalue weighted by atomic mass is 16.3. The van der Waals surface area contributed by atoms with E-state index >= 15 is 0 Å². The molecule has 78 valence electrons. The quantitative estimate of drug-likeness (QED) is 0.752. The Morgan fingerprint density at radius 1 is 1.57 bits per heavy atom. The van der Waals surface area contributed by atoms with Crippen LogP contribution in [0.2, 0.25) is 0 Å². The molecule has 1 aromatic heterocycles. The lowest BCUT2D eigenvalue weighted by Gasteiger charge is -2.15. The number of aryl methyl sites for hydroxylation is 1. The maximum absolute atomic E-state index is 9.35. The van der Waals surface area contributed by atoms with Crippen molar-refractivity contribution in [1.29, 1.82) is 0 Å². The van der Waals surface area contributed by atoms with Crippen LogP contribution in [0.3, 0.4) is 0 Å². The molecule has 1 saturated heterocycles. The van der Waals surface area contributed by atoms with Gasteiger partial charge in [0.1, 0.15) is 5.82 Å². The Morgan fingerprint density at radius 2 is 2.43 bits per heavy atom. The number of hydrogen-bond acceptors (Lipinski definition) is 3. The predicted octanol–water partition coefficient (Wildman–Crippen LogP) is 0.258. The monoisotopic (exact) mass is 195 g/mol. The molecule has 0 bridgehead atoms. The molecule has 1 aliphatic rings. The minimum absolute atomic E-state index is 0.112. The Hall–Kier alpha value is -0.870. The summed E-state index contributed by atoms with van der Waals surface area (Å²) >= 11 is 0. The maximum atomic E-state index is 9.35. The van der Waals surface area contributed by atoms with Crippen LogP contribution in [0.1, 0.15) is 12.2 Å². The van der Waals surface area contributed by atoms with Gasteiger partial charge in [-0.05, 0) is 13.3 Å². The van der Waals surface area contributed by atoms with E-state index in [1.165, 1.54) is 0 Å². The first-order chi connectivity index (χ1) is 6.75. The van der Waals surface area contributed by atoms with Crippen molar-refractivity contribution in [2.45, 2.75) is 26.0 Å². The Labute approximate surface area is 84.2 Å². The molecule has 0 radical (unpaired) electrons. The molecule has 1 aliphatic heterocycles. The second-order valence-electron chi connectivity index (χ2n) is 3.91. The minimum Gasteiger partial charge on any atom is -0.392 e. The van der Waals surface area contributed by atoms with Crippen LogP contribution in [-0.2, 0) is 6.54 Å². The summed E-state index contributed by atoms with van der Waals surface area (Å²) in [7, 11) is 0. The summed E-state index contributed by atoms with van der Waals surface area (Å²) in [5.41, 5.74) is 0. The molecule has 2 heterocycles. The summed E-state index contributed by atoms with van der Waals surface area (Å²) < 4.78 is 2.14. The largest absolute Gasteiger partial charge is 0.392 e. The summed E-state index contributed by atoms with van der Waals surface area (Å²) in [6, 6.07) is 0. The minimum atomic E-state index is -0.112. The van der Waals surface area contributed by atoms with Crippen molar-refractivity contribution in [1.82, 2.24) is 14.5 Å². The van der Waals surface area contributed by atoms with Gasteiger partial charge in [-0.2, -0.15) is 0 Å². The van der Waals surface area contributed by atoms with Crippen molar-refractivity contribution in [3.8, 4) is 0 Å². The average molecular weight is 195 g/mol. The van der Waals surface area contributed by atoms with Crippen LogP contribution in [-0.4, -0.2) is 45.3 Å². The number of imidazole rings is 1. The van der Waals surface area contributed by atoms with Gasteiger partial charge >= 0.3 is 0 Å². The van der Waals surface area contributed by atoms with Crippen molar-refractivity contribution in [2.24, 2.45) is 0 Å². The van der Waals surface area contributed by atoms with Crippen LogP contribution in [0.15, 0.2) is 12.4 Å². The second kappa shape index (κ2) is 4.11. The van der Waals surface area contributed by atoms with Crippen molar-refractivity contribution < 1.29 is 5.11 Å². The third kappa shape index (κ3) is 2.13. The van der Waals surface area contributed by atoms with Crippen molar-refractivity contribution in [3.05, 3.63) is 18.2 Å². The fourth-order valence-electron chi connectivity index (χ4n) is 1.90. The summed E-state index contributed by atoms with van der Waals surface area (Å²) in [5, 5.41) is 9.35. The highest BCUT2D eigenvalue weighted by Gasteiger charge is 2.19. The lowest BCUT2D eigenvalue weighted by Crippen LogP contribution is -2.26. The lowest BCUT2D eigenvalue weighted by molar-refractivity contribution is 0.175. The first kappa shape index (κ1) is 9.68. The van der Waals surface area contributed by atoms with Crippen LogP contribution in [0.25, 0.3) is 0 Å². The van der Waals surface area contributed by atoms with Crippen LogP contribution < -0.4 is 0 Å². The Morgan fingerprint density at radius 3 is 3.00 bits per heavy atom. The van der Waals surface area contributed by atoms with Gasteiger partial charge in [0.15, 0.2) is 0 Å². The van der Waals surface area contributed by atoms with Crippen LogP contribution in [0.5, 0.6) is 0 Å². The average Bonchev–Trinajstić information content (AvgIpc) is 2.72. The molecule has 4 heteroatoms. The van der Waals surface area contributed by atoms with E-state index < -0.39 is 0 Å². The third-order valence-corrected chi connectivity index (χ3v) is 2.83. The molecule has 0 saturated carbocycles. The predicted molar refractivity (Wildman–Crippen MR) is 54.0 cm³/mol. The number of rotatable bonds is 3. The highest BCUT2D eigenvalue weighted by Crippen LogP contribution is 2.08. The fraction of sp³-hybridized carbons (Fsp3) is 0.700. The topological polar surface area (TPSA) is 41.3 Å². The SMILES string of the molecule is Cc1nccn1CCN1CC[C@H](O)C1. The third-order valence-electron chi connectivity index (χ3n) is 2.83. The van der Waals surface area contributed by atoms with Gasteiger partial charge in [-0.25, -0.2) is 4.98 Å². The zero-order valence-corrected chi connectivity index (χ0v) is 8.56. The Balaban J connectivity index is 1.80. The number of nitrogens with zero attached hydrogens (tertiary/aromatic N) is 3. The molecule has 4 nitrogen and oxygen atoms in total. The van der Waals surface area contributed by atoms with Crippen molar-refractivity contribution in [2.75, 3.05) is 19.6 Å². The van der Waals surface area contributed by atoms with Gasteiger partial charge in [0, 0.05) is 38.6 Å². The smallest absolute Gasteiger partial charge is 0.105 e. The van der Waals surface area contributed by atoms with Gasteiger partial charge in [-0.15, -0.1) is 0 Å². The summed E-state index contributed by atoms with van der Waals surface area (Å²) in [4.78, 5) is 6.47. The van der Waals surface area contributed by atoms with Gasteiger partial charge in [0.2, 0.25) is 0 Å². The number of likely N-dealkylation sites (tertiary alicyclic amines) is 1. The first-order valence-electron chi connectivity index (χ1n) is 5.14. The van der Waals surface area contributed by atoms with Gasteiger partial charge in [0.05, 0.1) is 6.10 Å². The molecular formula is C10H17N3O. The van der Waals surface area contributed by atoms with Gasteiger partial charge in [-0.3, -0.25) is 4.90 Å². The molecule has 14 heavy (non-hydrogen) atoms. The standard InChI is InChI=1S/C10H17N3O/c1-9-11-3-5-13(9)7-6-12-4-2-10(14)8-12/h3,5,10,14H,2,4,6-8H2,1H3/t10-/m0/s1. The molecule has 1 N–H and O–H groups in total. The summed E-state index contributed by atoms with van der Waals surface area (Å²) in [5.74, 6) is 1.06.